The summed E-state index contributed by atoms with van der Waals surface area (Å²) in [5, 5.41) is 0. The fourth-order valence-corrected chi connectivity index (χ4v) is 4.14. The summed E-state index contributed by atoms with van der Waals surface area (Å²) in [6, 6.07) is 11.8. The maximum absolute atomic E-state index is 11.7. The number of nitrogens with zero attached hydrogens (tertiary/aromatic N) is 2. The fraction of sp³-hybridized carbons (Fsp3) is 0.292. The summed E-state index contributed by atoms with van der Waals surface area (Å²) in [4.78, 5) is 25.8. The zero-order valence-electron chi connectivity index (χ0n) is 18.2. The third kappa shape index (κ3) is 4.65. The van der Waals surface area contributed by atoms with E-state index in [1.165, 1.54) is 0 Å². The summed E-state index contributed by atoms with van der Waals surface area (Å²) < 4.78 is 17.7. The molecule has 1 saturated carbocycles. The molecule has 0 amide bonds. The van der Waals surface area contributed by atoms with E-state index < -0.39 is 0 Å². The Morgan fingerprint density at radius 1 is 1.12 bits per heavy atom. The molecule has 0 radical (unpaired) electrons. The van der Waals surface area contributed by atoms with Gasteiger partial charge in [-0.1, -0.05) is 18.2 Å². The molecule has 2 aliphatic rings. The Balaban J connectivity index is 1.32. The summed E-state index contributed by atoms with van der Waals surface area (Å²) in [5.41, 5.74) is 6.99. The van der Waals surface area contributed by atoms with Gasteiger partial charge in [0.2, 0.25) is 6.79 Å². The Morgan fingerprint density at radius 2 is 1.88 bits per heavy atom. The van der Waals surface area contributed by atoms with Crippen molar-refractivity contribution in [3.05, 3.63) is 57.8 Å². The van der Waals surface area contributed by atoms with E-state index >= 15 is 0 Å². The van der Waals surface area contributed by atoms with Crippen molar-refractivity contribution in [1.82, 2.24) is 15.4 Å². The Labute approximate surface area is 199 Å². The minimum Gasteiger partial charge on any atom is -0.454 e. The molecule has 0 unspecified atom stereocenters. The predicted molar refractivity (Wildman–Crippen MR) is 123 cm³/mol. The SMILES string of the molecule is Cc1nc(Oc2cccc(-c3ccc4c(c3)OCO4)c2Br)nc(C)c1CNOC(=O)C1CC1. The number of fused-ring (bicyclic) bond motifs is 1. The van der Waals surface area contributed by atoms with E-state index in [1.807, 2.05) is 50.2 Å². The number of hydrogen-bond donors (Lipinski definition) is 1. The molecular formula is C24H22BrN3O5. The first-order chi connectivity index (χ1) is 16.0. The van der Waals surface area contributed by atoms with Gasteiger partial charge in [-0.3, -0.25) is 4.79 Å². The Hall–Kier alpha value is -3.17. The van der Waals surface area contributed by atoms with Gasteiger partial charge >= 0.3 is 12.0 Å². The van der Waals surface area contributed by atoms with Crippen molar-refractivity contribution in [3.63, 3.8) is 0 Å². The molecule has 170 valence electrons. The molecule has 2 aromatic carbocycles. The average molecular weight is 512 g/mol. The number of benzene rings is 2. The van der Waals surface area contributed by atoms with Crippen LogP contribution in [0, 0.1) is 19.8 Å². The topological polar surface area (TPSA) is 91.8 Å². The highest BCUT2D eigenvalue weighted by Gasteiger charge is 2.31. The van der Waals surface area contributed by atoms with Crippen LogP contribution in [0.1, 0.15) is 29.8 Å². The number of rotatable bonds is 7. The lowest BCUT2D eigenvalue weighted by Crippen LogP contribution is -2.22. The highest BCUT2D eigenvalue weighted by molar-refractivity contribution is 9.10. The first kappa shape index (κ1) is 21.7. The van der Waals surface area contributed by atoms with Crippen molar-refractivity contribution in [2.75, 3.05) is 6.79 Å². The molecule has 3 aromatic rings. The van der Waals surface area contributed by atoms with Gasteiger partial charge in [0.25, 0.3) is 0 Å². The predicted octanol–water partition coefficient (Wildman–Crippen LogP) is 5.00. The standard InChI is InChI=1S/C24H22BrN3O5/c1-13-18(11-26-33-23(29)15-6-7-15)14(2)28-24(27-13)32-20-5-3-4-17(22(20)25)16-8-9-19-21(10-16)31-12-30-19/h3-5,8-10,15,26H,6-7,11-12H2,1-2H3. The molecule has 1 aliphatic heterocycles. The number of hydroxylamine groups is 1. The van der Waals surface area contributed by atoms with E-state index in [1.54, 1.807) is 0 Å². The summed E-state index contributed by atoms with van der Waals surface area (Å²) in [6.07, 6.45) is 1.80. The minimum absolute atomic E-state index is 0.0404. The smallest absolute Gasteiger partial charge is 0.327 e. The van der Waals surface area contributed by atoms with Gasteiger partial charge in [0.05, 0.1) is 16.9 Å². The molecule has 0 bridgehead atoms. The molecule has 8 nitrogen and oxygen atoms in total. The highest BCUT2D eigenvalue weighted by atomic mass is 79.9. The molecule has 2 heterocycles. The first-order valence-electron chi connectivity index (χ1n) is 10.6. The molecule has 0 spiro atoms. The molecule has 1 N–H and O–H groups in total. The molecule has 1 fully saturated rings. The van der Waals surface area contributed by atoms with Gasteiger partial charge in [-0.05, 0) is 71.9 Å². The monoisotopic (exact) mass is 511 g/mol. The molecule has 9 heteroatoms. The quantitative estimate of drug-likeness (QED) is 0.443. The highest BCUT2D eigenvalue weighted by Crippen LogP contribution is 2.41. The van der Waals surface area contributed by atoms with Crippen LogP contribution in [0.3, 0.4) is 0 Å². The van der Waals surface area contributed by atoms with Gasteiger partial charge in [-0.15, -0.1) is 5.48 Å². The number of carbonyl (C=O) groups is 1. The van der Waals surface area contributed by atoms with Gasteiger partial charge in [0.15, 0.2) is 11.5 Å². The number of hydrogen-bond acceptors (Lipinski definition) is 8. The number of aromatic nitrogens is 2. The van der Waals surface area contributed by atoms with Crippen molar-refractivity contribution >= 4 is 21.9 Å². The van der Waals surface area contributed by atoms with Crippen LogP contribution in [-0.2, 0) is 16.2 Å². The second-order valence-corrected chi connectivity index (χ2v) is 8.75. The summed E-state index contributed by atoms with van der Waals surface area (Å²) in [5.74, 6) is 1.87. The maximum Gasteiger partial charge on any atom is 0.327 e. The van der Waals surface area contributed by atoms with E-state index in [-0.39, 0.29) is 24.7 Å². The number of halogens is 1. The van der Waals surface area contributed by atoms with Gasteiger partial charge in [0.1, 0.15) is 5.75 Å². The third-order valence-electron chi connectivity index (χ3n) is 5.58. The van der Waals surface area contributed by atoms with Crippen LogP contribution in [0.2, 0.25) is 0 Å². The zero-order valence-corrected chi connectivity index (χ0v) is 19.8. The molecular weight excluding hydrogens is 490 g/mol. The normalized spacial score (nSPS) is 14.3. The summed E-state index contributed by atoms with van der Waals surface area (Å²) in [6.45, 7) is 4.31. The van der Waals surface area contributed by atoms with Crippen molar-refractivity contribution in [1.29, 1.82) is 0 Å². The van der Waals surface area contributed by atoms with Crippen molar-refractivity contribution < 1.29 is 23.8 Å². The van der Waals surface area contributed by atoms with Crippen molar-refractivity contribution in [2.24, 2.45) is 5.92 Å². The van der Waals surface area contributed by atoms with Crippen LogP contribution in [0.15, 0.2) is 40.9 Å². The van der Waals surface area contributed by atoms with E-state index in [9.17, 15) is 4.79 Å². The second kappa shape index (κ2) is 8.99. The first-order valence-corrected chi connectivity index (χ1v) is 11.4. The summed E-state index contributed by atoms with van der Waals surface area (Å²) >= 11 is 3.66. The largest absolute Gasteiger partial charge is 0.454 e. The van der Waals surface area contributed by atoms with Crippen molar-refractivity contribution in [3.8, 4) is 34.4 Å². The Morgan fingerprint density at radius 3 is 2.64 bits per heavy atom. The van der Waals surface area contributed by atoms with Crippen molar-refractivity contribution in [2.45, 2.75) is 33.2 Å². The number of nitrogens with one attached hydrogen (secondary N) is 1. The lowest BCUT2D eigenvalue weighted by molar-refractivity contribution is -0.153. The van der Waals surface area contributed by atoms with Gasteiger partial charge in [-0.25, -0.2) is 0 Å². The van der Waals surface area contributed by atoms with Gasteiger partial charge in [-0.2, -0.15) is 9.97 Å². The van der Waals surface area contributed by atoms with E-state index in [0.29, 0.717) is 18.0 Å². The van der Waals surface area contributed by atoms with E-state index in [4.69, 9.17) is 19.0 Å². The summed E-state index contributed by atoms with van der Waals surface area (Å²) in [7, 11) is 0. The molecule has 1 aliphatic carbocycles. The van der Waals surface area contributed by atoms with Gasteiger partial charge in [0, 0.05) is 17.0 Å². The number of aryl methyl sites for hydroxylation is 2. The lowest BCUT2D eigenvalue weighted by atomic mass is 10.0. The van der Waals surface area contributed by atoms with Crippen LogP contribution in [0.4, 0.5) is 0 Å². The molecule has 0 atom stereocenters. The minimum atomic E-state index is -0.210. The molecule has 0 saturated heterocycles. The maximum atomic E-state index is 11.7. The zero-order chi connectivity index (χ0) is 22.9. The van der Waals surface area contributed by atoms with Crippen LogP contribution in [-0.4, -0.2) is 22.7 Å². The average Bonchev–Trinajstić information content (AvgIpc) is 3.54. The molecule has 33 heavy (non-hydrogen) atoms. The fourth-order valence-electron chi connectivity index (χ4n) is 3.57. The Bertz CT molecular complexity index is 1210. The van der Waals surface area contributed by atoms with Gasteiger partial charge < -0.3 is 19.0 Å². The molecule has 1 aromatic heterocycles. The molecule has 5 rings (SSSR count). The van der Waals surface area contributed by atoms with E-state index in [2.05, 4.69) is 31.4 Å². The number of carbonyl (C=O) groups excluding carboxylic acids is 1. The third-order valence-corrected chi connectivity index (χ3v) is 6.40. The lowest BCUT2D eigenvalue weighted by Gasteiger charge is -2.14. The second-order valence-electron chi connectivity index (χ2n) is 7.96. The van der Waals surface area contributed by atoms with E-state index in [0.717, 1.165) is 51.1 Å². The number of ether oxygens (including phenoxy) is 3. The van der Waals surface area contributed by atoms with Crippen LogP contribution < -0.4 is 19.7 Å². The van der Waals surface area contributed by atoms with Crippen LogP contribution in [0.5, 0.6) is 23.3 Å². The van der Waals surface area contributed by atoms with Crippen LogP contribution in [0.25, 0.3) is 11.1 Å². The van der Waals surface area contributed by atoms with Crippen LogP contribution >= 0.6 is 15.9 Å². The Kier molecular flexibility index (Phi) is 5.90.